The van der Waals surface area contributed by atoms with Crippen LogP contribution in [0.4, 0.5) is 0 Å². The molecule has 0 saturated carbocycles. The van der Waals surface area contributed by atoms with Crippen molar-refractivity contribution >= 4 is 16.8 Å². The van der Waals surface area contributed by atoms with Crippen molar-refractivity contribution in [3.8, 4) is 0 Å². The smallest absolute Gasteiger partial charge is 0.267 e. The summed E-state index contributed by atoms with van der Waals surface area (Å²) in [6, 6.07) is 17.4. The van der Waals surface area contributed by atoms with Crippen molar-refractivity contribution in [1.29, 1.82) is 0 Å². The van der Waals surface area contributed by atoms with Crippen LogP contribution < -0.4 is 5.32 Å². The fourth-order valence-electron chi connectivity index (χ4n) is 2.79. The number of carbonyl (C=O) groups excluding carboxylic acids is 1. The maximum Gasteiger partial charge on any atom is 0.267 e. The van der Waals surface area contributed by atoms with E-state index in [0.717, 1.165) is 16.5 Å². The van der Waals surface area contributed by atoms with E-state index in [1.807, 2.05) is 42.5 Å². The molecule has 3 N–H and O–H groups in total. The SMILES string of the molecule is CC(C)(C)c1ccc2cc(C(=O)NCC(O)c3ccccc3)[nH]c2c1. The number of hydrogen-bond acceptors (Lipinski definition) is 2. The van der Waals surface area contributed by atoms with E-state index in [1.54, 1.807) is 0 Å². The molecule has 0 spiro atoms. The second-order valence-electron chi connectivity index (χ2n) is 7.37. The van der Waals surface area contributed by atoms with Gasteiger partial charge < -0.3 is 15.4 Å². The molecule has 0 aliphatic heterocycles. The number of aromatic nitrogens is 1. The number of amides is 1. The normalized spacial score (nSPS) is 13.0. The molecule has 1 atom stereocenters. The molecule has 130 valence electrons. The number of nitrogens with one attached hydrogen (secondary N) is 2. The molecule has 0 bridgehead atoms. The highest BCUT2D eigenvalue weighted by molar-refractivity contribution is 5.98. The molecule has 25 heavy (non-hydrogen) atoms. The largest absolute Gasteiger partial charge is 0.387 e. The first-order chi connectivity index (χ1) is 11.8. The second kappa shape index (κ2) is 6.73. The summed E-state index contributed by atoms with van der Waals surface area (Å²) in [7, 11) is 0. The van der Waals surface area contributed by atoms with Crippen molar-refractivity contribution in [3.05, 3.63) is 71.4 Å². The van der Waals surface area contributed by atoms with Crippen LogP contribution in [0.2, 0.25) is 0 Å². The van der Waals surface area contributed by atoms with Gasteiger partial charge in [-0.2, -0.15) is 0 Å². The van der Waals surface area contributed by atoms with Gasteiger partial charge in [0.1, 0.15) is 5.69 Å². The van der Waals surface area contributed by atoms with Gasteiger partial charge in [-0.1, -0.05) is 63.2 Å². The number of fused-ring (bicyclic) bond motifs is 1. The van der Waals surface area contributed by atoms with Gasteiger partial charge in [-0.25, -0.2) is 0 Å². The second-order valence-corrected chi connectivity index (χ2v) is 7.37. The molecule has 1 unspecified atom stereocenters. The molecule has 0 aliphatic carbocycles. The van der Waals surface area contributed by atoms with Crippen molar-refractivity contribution < 1.29 is 9.90 Å². The van der Waals surface area contributed by atoms with Gasteiger partial charge >= 0.3 is 0 Å². The molecule has 2 aromatic carbocycles. The summed E-state index contributed by atoms with van der Waals surface area (Å²) < 4.78 is 0. The number of carbonyl (C=O) groups is 1. The zero-order valence-corrected chi connectivity index (χ0v) is 14.8. The number of aliphatic hydroxyl groups excluding tert-OH is 1. The van der Waals surface area contributed by atoms with Crippen LogP contribution in [0.5, 0.6) is 0 Å². The van der Waals surface area contributed by atoms with Gasteiger partial charge in [0.15, 0.2) is 0 Å². The molecular formula is C21H24N2O2. The monoisotopic (exact) mass is 336 g/mol. The first-order valence-electron chi connectivity index (χ1n) is 8.49. The third kappa shape index (κ3) is 3.91. The minimum absolute atomic E-state index is 0.0571. The van der Waals surface area contributed by atoms with E-state index in [2.05, 4.69) is 43.2 Å². The third-order valence-corrected chi connectivity index (χ3v) is 4.37. The topological polar surface area (TPSA) is 65.1 Å². The van der Waals surface area contributed by atoms with Crippen molar-refractivity contribution in [3.63, 3.8) is 0 Å². The lowest BCUT2D eigenvalue weighted by Gasteiger charge is -2.18. The summed E-state index contributed by atoms with van der Waals surface area (Å²) in [4.78, 5) is 15.6. The van der Waals surface area contributed by atoms with Crippen molar-refractivity contribution in [2.75, 3.05) is 6.54 Å². The highest BCUT2D eigenvalue weighted by Crippen LogP contribution is 2.26. The van der Waals surface area contributed by atoms with E-state index < -0.39 is 6.10 Å². The van der Waals surface area contributed by atoms with E-state index in [9.17, 15) is 9.90 Å². The number of hydrogen-bond donors (Lipinski definition) is 3. The molecule has 1 aromatic heterocycles. The average Bonchev–Trinajstić information content (AvgIpc) is 3.02. The summed E-state index contributed by atoms with van der Waals surface area (Å²) in [5, 5.41) is 13.9. The summed E-state index contributed by atoms with van der Waals surface area (Å²) in [5.74, 6) is -0.219. The molecular weight excluding hydrogens is 312 g/mol. The summed E-state index contributed by atoms with van der Waals surface area (Å²) in [6.45, 7) is 6.66. The lowest BCUT2D eigenvalue weighted by Crippen LogP contribution is -2.28. The number of benzene rings is 2. The number of aliphatic hydroxyl groups is 1. The number of aromatic amines is 1. The maximum atomic E-state index is 12.4. The van der Waals surface area contributed by atoms with Crippen LogP contribution in [0.3, 0.4) is 0 Å². The Kier molecular flexibility index (Phi) is 4.64. The molecule has 4 nitrogen and oxygen atoms in total. The zero-order chi connectivity index (χ0) is 18.0. The number of rotatable bonds is 4. The molecule has 4 heteroatoms. The minimum atomic E-state index is -0.720. The van der Waals surface area contributed by atoms with Gasteiger partial charge in [0.25, 0.3) is 5.91 Å². The fourth-order valence-corrected chi connectivity index (χ4v) is 2.79. The quantitative estimate of drug-likeness (QED) is 0.676. The molecule has 0 fully saturated rings. The average molecular weight is 336 g/mol. The predicted octanol–water partition coefficient (Wildman–Crippen LogP) is 3.93. The van der Waals surface area contributed by atoms with E-state index in [0.29, 0.717) is 5.69 Å². The van der Waals surface area contributed by atoms with Crippen LogP contribution >= 0.6 is 0 Å². The Labute approximate surface area is 147 Å². The Hall–Kier alpha value is -2.59. The van der Waals surface area contributed by atoms with Gasteiger partial charge in [0.2, 0.25) is 0 Å². The molecule has 3 rings (SSSR count). The van der Waals surface area contributed by atoms with Crippen LogP contribution in [0.1, 0.15) is 48.5 Å². The molecule has 3 aromatic rings. The van der Waals surface area contributed by atoms with E-state index in [4.69, 9.17) is 0 Å². The maximum absolute atomic E-state index is 12.4. The van der Waals surface area contributed by atoms with Gasteiger partial charge in [-0.15, -0.1) is 0 Å². The first-order valence-corrected chi connectivity index (χ1v) is 8.49. The fraction of sp³-hybridized carbons (Fsp3) is 0.286. The summed E-state index contributed by atoms with van der Waals surface area (Å²) in [5.41, 5.74) is 3.51. The Morgan fingerprint density at radius 3 is 2.52 bits per heavy atom. The van der Waals surface area contributed by atoms with Gasteiger partial charge in [-0.3, -0.25) is 4.79 Å². The number of H-pyrrole nitrogens is 1. The molecule has 1 heterocycles. The lowest BCUT2D eigenvalue weighted by molar-refractivity contribution is 0.0912. The van der Waals surface area contributed by atoms with Gasteiger partial charge in [-0.05, 0) is 28.7 Å². The minimum Gasteiger partial charge on any atom is -0.387 e. The molecule has 0 saturated heterocycles. The van der Waals surface area contributed by atoms with Crippen molar-refractivity contribution in [1.82, 2.24) is 10.3 Å². The standard InChI is InChI=1S/C21H24N2O2/c1-21(2,3)16-10-9-15-11-18(23-17(15)12-16)20(25)22-13-19(24)14-7-5-4-6-8-14/h4-12,19,23-24H,13H2,1-3H3,(H,22,25). The molecule has 1 amide bonds. The van der Waals surface area contributed by atoms with Crippen LogP contribution in [0.15, 0.2) is 54.6 Å². The van der Waals surface area contributed by atoms with Crippen LogP contribution in [0, 0.1) is 0 Å². The van der Waals surface area contributed by atoms with Crippen molar-refractivity contribution in [2.24, 2.45) is 0 Å². The Bertz CT molecular complexity index is 876. The highest BCUT2D eigenvalue weighted by atomic mass is 16.3. The summed E-state index contributed by atoms with van der Waals surface area (Å²) >= 11 is 0. The van der Waals surface area contributed by atoms with E-state index >= 15 is 0 Å². The van der Waals surface area contributed by atoms with Crippen molar-refractivity contribution in [2.45, 2.75) is 32.3 Å². The first kappa shape index (κ1) is 17.2. The van der Waals surface area contributed by atoms with Crippen LogP contribution in [0.25, 0.3) is 10.9 Å². The van der Waals surface area contributed by atoms with Crippen LogP contribution in [-0.2, 0) is 5.41 Å². The van der Waals surface area contributed by atoms with E-state index in [1.165, 1.54) is 5.56 Å². The zero-order valence-electron chi connectivity index (χ0n) is 14.8. The van der Waals surface area contributed by atoms with E-state index in [-0.39, 0.29) is 17.9 Å². The summed E-state index contributed by atoms with van der Waals surface area (Å²) in [6.07, 6.45) is -0.720. The van der Waals surface area contributed by atoms with Gasteiger partial charge in [0.05, 0.1) is 6.10 Å². The Morgan fingerprint density at radius 2 is 1.84 bits per heavy atom. The highest BCUT2D eigenvalue weighted by Gasteiger charge is 2.16. The Morgan fingerprint density at radius 1 is 1.12 bits per heavy atom. The molecule has 0 aliphatic rings. The third-order valence-electron chi connectivity index (χ3n) is 4.37. The lowest BCUT2D eigenvalue weighted by atomic mass is 9.87. The Balaban J connectivity index is 1.72. The van der Waals surface area contributed by atoms with Gasteiger partial charge in [0, 0.05) is 17.4 Å². The molecule has 0 radical (unpaired) electrons. The van der Waals surface area contributed by atoms with Crippen LogP contribution in [-0.4, -0.2) is 22.5 Å². The predicted molar refractivity (Wildman–Crippen MR) is 101 cm³/mol.